The van der Waals surface area contributed by atoms with Gasteiger partial charge < -0.3 is 10.1 Å². The van der Waals surface area contributed by atoms with E-state index in [9.17, 15) is 22.8 Å². The molecule has 1 aromatic carbocycles. The van der Waals surface area contributed by atoms with E-state index in [1.165, 1.54) is 35.6 Å². The molecule has 1 aliphatic rings. The lowest BCUT2D eigenvalue weighted by molar-refractivity contribution is -0.116. The first kappa shape index (κ1) is 24.2. The third-order valence-electron chi connectivity index (χ3n) is 4.88. The van der Waals surface area contributed by atoms with Gasteiger partial charge >= 0.3 is 6.09 Å². The lowest BCUT2D eigenvalue weighted by Gasteiger charge is -2.09. The van der Waals surface area contributed by atoms with Gasteiger partial charge in [-0.2, -0.15) is 0 Å². The van der Waals surface area contributed by atoms with Crippen LogP contribution in [0.3, 0.4) is 0 Å². The van der Waals surface area contributed by atoms with Crippen LogP contribution in [-0.4, -0.2) is 38.7 Å². The van der Waals surface area contributed by atoms with Crippen LogP contribution in [0.1, 0.15) is 47.0 Å². The average Bonchev–Trinajstić information content (AvgIpc) is 3.28. The third-order valence-corrected chi connectivity index (χ3v) is 8.16. The van der Waals surface area contributed by atoms with Gasteiger partial charge in [0.25, 0.3) is 5.91 Å². The number of benzene rings is 1. The zero-order valence-electron chi connectivity index (χ0n) is 17.4. The van der Waals surface area contributed by atoms with Crippen LogP contribution >= 0.6 is 22.9 Å². The zero-order valence-corrected chi connectivity index (χ0v) is 19.8. The number of carbonyl (C=O) groups excluding carboxylic acids is 3. The Morgan fingerprint density at radius 1 is 1.16 bits per heavy atom. The number of ether oxygens (including phenoxy) is 1. The fourth-order valence-electron chi connectivity index (χ4n) is 3.43. The van der Waals surface area contributed by atoms with Gasteiger partial charge in [-0.3, -0.25) is 14.9 Å². The number of imide groups is 1. The van der Waals surface area contributed by atoms with Crippen molar-refractivity contribution in [2.24, 2.45) is 0 Å². The molecule has 2 aromatic rings. The number of amides is 3. The number of aryl methyl sites for hydroxylation is 1. The molecule has 1 heterocycles. The first-order valence-corrected chi connectivity index (χ1v) is 13.0. The highest BCUT2D eigenvalue weighted by atomic mass is 35.5. The molecule has 0 unspecified atom stereocenters. The van der Waals surface area contributed by atoms with Crippen molar-refractivity contribution in [2.75, 3.05) is 17.7 Å². The first-order chi connectivity index (χ1) is 15.2. The molecular formula is C21H23ClN2O6S2. The highest BCUT2D eigenvalue weighted by Gasteiger charge is 2.28. The van der Waals surface area contributed by atoms with E-state index in [-0.39, 0.29) is 35.7 Å². The first-order valence-electron chi connectivity index (χ1n) is 10.1. The van der Waals surface area contributed by atoms with E-state index in [4.69, 9.17) is 16.3 Å². The number of hydrogen-bond acceptors (Lipinski definition) is 7. The SMILES string of the molecule is CCOC(=O)NC(=O)c1c(NC(=O)CCCS(=O)(=O)c2ccc(Cl)cc2)sc2c1CCC2. The van der Waals surface area contributed by atoms with Crippen molar-refractivity contribution in [3.05, 3.63) is 45.3 Å². The number of rotatable bonds is 8. The molecule has 11 heteroatoms. The Bertz CT molecular complexity index is 1130. The number of nitrogens with one attached hydrogen (secondary N) is 2. The number of anilines is 1. The molecule has 0 fully saturated rings. The number of sulfone groups is 1. The summed E-state index contributed by atoms with van der Waals surface area (Å²) in [6, 6.07) is 5.86. The van der Waals surface area contributed by atoms with Crippen molar-refractivity contribution in [3.63, 3.8) is 0 Å². The summed E-state index contributed by atoms with van der Waals surface area (Å²) in [7, 11) is -3.54. The van der Waals surface area contributed by atoms with Crippen LogP contribution in [0.5, 0.6) is 0 Å². The number of fused-ring (bicyclic) bond motifs is 1. The smallest absolute Gasteiger partial charge is 0.414 e. The van der Waals surface area contributed by atoms with Crippen LogP contribution < -0.4 is 10.6 Å². The van der Waals surface area contributed by atoms with Gasteiger partial charge in [-0.1, -0.05) is 11.6 Å². The monoisotopic (exact) mass is 498 g/mol. The van der Waals surface area contributed by atoms with Gasteiger partial charge in [0.15, 0.2) is 9.84 Å². The fourth-order valence-corrected chi connectivity index (χ4v) is 6.17. The Balaban J connectivity index is 1.63. The molecule has 0 aliphatic heterocycles. The normalized spacial score (nSPS) is 12.8. The van der Waals surface area contributed by atoms with E-state index in [2.05, 4.69) is 10.6 Å². The molecule has 0 saturated carbocycles. The minimum Gasteiger partial charge on any atom is -0.450 e. The summed E-state index contributed by atoms with van der Waals surface area (Å²) in [6.07, 6.45) is 1.62. The Labute approximate surface area is 195 Å². The van der Waals surface area contributed by atoms with E-state index < -0.39 is 27.7 Å². The fraction of sp³-hybridized carbons (Fsp3) is 0.381. The van der Waals surface area contributed by atoms with Crippen LogP contribution in [0.25, 0.3) is 0 Å². The minimum atomic E-state index is -3.54. The quantitative estimate of drug-likeness (QED) is 0.568. The summed E-state index contributed by atoms with van der Waals surface area (Å²) < 4.78 is 29.6. The van der Waals surface area contributed by atoms with Crippen LogP contribution in [0.2, 0.25) is 5.02 Å². The summed E-state index contributed by atoms with van der Waals surface area (Å²) in [4.78, 5) is 37.9. The maximum Gasteiger partial charge on any atom is 0.414 e. The average molecular weight is 499 g/mol. The third kappa shape index (κ3) is 5.87. The molecular weight excluding hydrogens is 476 g/mol. The Hall–Kier alpha value is -2.43. The second kappa shape index (κ2) is 10.5. The summed E-state index contributed by atoms with van der Waals surface area (Å²) in [5.41, 5.74) is 1.11. The standard InChI is InChI=1S/C21H23ClN2O6S2/c1-2-30-21(27)24-19(26)18-15-5-3-6-16(15)31-20(18)23-17(25)7-4-12-32(28,29)14-10-8-13(22)9-11-14/h8-11H,2-7,12H2,1H3,(H,23,25)(H,24,26,27). The molecule has 2 N–H and O–H groups in total. The summed E-state index contributed by atoms with van der Waals surface area (Å²) >= 11 is 7.10. The van der Waals surface area contributed by atoms with E-state index >= 15 is 0 Å². The van der Waals surface area contributed by atoms with Crippen LogP contribution in [0.15, 0.2) is 29.2 Å². The van der Waals surface area contributed by atoms with Crippen molar-refractivity contribution >= 4 is 55.7 Å². The molecule has 172 valence electrons. The van der Waals surface area contributed by atoms with Gasteiger partial charge in [0.05, 0.1) is 22.8 Å². The zero-order chi connectivity index (χ0) is 23.3. The van der Waals surface area contributed by atoms with E-state index in [1.807, 2.05) is 0 Å². The van der Waals surface area contributed by atoms with Crippen molar-refractivity contribution in [2.45, 2.75) is 43.9 Å². The van der Waals surface area contributed by atoms with Gasteiger partial charge in [0, 0.05) is 16.3 Å². The molecule has 1 aromatic heterocycles. The van der Waals surface area contributed by atoms with Crippen LogP contribution in [-0.2, 0) is 32.2 Å². The number of halogens is 1. The lowest BCUT2D eigenvalue weighted by Crippen LogP contribution is -2.32. The second-order valence-electron chi connectivity index (χ2n) is 7.16. The molecule has 0 radical (unpaired) electrons. The van der Waals surface area contributed by atoms with Crippen LogP contribution in [0, 0.1) is 0 Å². The maximum absolute atomic E-state index is 12.6. The van der Waals surface area contributed by atoms with Crippen molar-refractivity contribution in [1.29, 1.82) is 0 Å². The molecule has 3 amide bonds. The Kier molecular flexibility index (Phi) is 7.91. The summed E-state index contributed by atoms with van der Waals surface area (Å²) in [5.74, 6) is -1.22. The summed E-state index contributed by atoms with van der Waals surface area (Å²) in [5, 5.41) is 5.69. The molecule has 3 rings (SSSR count). The lowest BCUT2D eigenvalue weighted by atomic mass is 10.1. The number of thiophene rings is 1. The molecule has 0 saturated heterocycles. The van der Waals surface area contributed by atoms with Crippen LogP contribution in [0.4, 0.5) is 9.80 Å². The molecule has 32 heavy (non-hydrogen) atoms. The molecule has 0 atom stereocenters. The van der Waals surface area contributed by atoms with Crippen molar-refractivity contribution in [1.82, 2.24) is 5.32 Å². The highest BCUT2D eigenvalue weighted by Crippen LogP contribution is 2.39. The number of alkyl carbamates (subject to hydrolysis) is 1. The van der Waals surface area contributed by atoms with Gasteiger partial charge in [-0.05, 0) is 62.4 Å². The molecule has 0 spiro atoms. The molecule has 8 nitrogen and oxygen atoms in total. The summed E-state index contributed by atoms with van der Waals surface area (Å²) in [6.45, 7) is 1.76. The van der Waals surface area contributed by atoms with E-state index in [0.29, 0.717) is 16.4 Å². The predicted molar refractivity (Wildman–Crippen MR) is 122 cm³/mol. The Morgan fingerprint density at radius 2 is 1.88 bits per heavy atom. The van der Waals surface area contributed by atoms with E-state index in [0.717, 1.165) is 23.3 Å². The molecule has 1 aliphatic carbocycles. The minimum absolute atomic E-state index is 0.0334. The number of carbonyl (C=O) groups is 3. The van der Waals surface area contributed by atoms with E-state index in [1.54, 1.807) is 6.92 Å². The van der Waals surface area contributed by atoms with Gasteiger partial charge in [-0.15, -0.1) is 11.3 Å². The van der Waals surface area contributed by atoms with Gasteiger partial charge in [0.1, 0.15) is 5.00 Å². The van der Waals surface area contributed by atoms with Crippen molar-refractivity contribution < 1.29 is 27.5 Å². The topological polar surface area (TPSA) is 119 Å². The second-order valence-corrected chi connectivity index (χ2v) is 10.8. The molecule has 0 bridgehead atoms. The van der Waals surface area contributed by atoms with Gasteiger partial charge in [-0.25, -0.2) is 13.2 Å². The number of hydrogen-bond donors (Lipinski definition) is 2. The maximum atomic E-state index is 12.6. The highest BCUT2D eigenvalue weighted by molar-refractivity contribution is 7.91. The Morgan fingerprint density at radius 3 is 2.56 bits per heavy atom. The predicted octanol–water partition coefficient (Wildman–Crippen LogP) is 3.97. The largest absolute Gasteiger partial charge is 0.450 e. The van der Waals surface area contributed by atoms with Gasteiger partial charge in [0.2, 0.25) is 5.91 Å². The van der Waals surface area contributed by atoms with Crippen molar-refractivity contribution in [3.8, 4) is 0 Å².